The molecule has 1 aromatic heterocycles. The summed E-state index contributed by atoms with van der Waals surface area (Å²) in [7, 11) is 0. The van der Waals surface area contributed by atoms with E-state index >= 15 is 0 Å². The molecule has 0 bridgehead atoms. The maximum absolute atomic E-state index is 13.8. The van der Waals surface area contributed by atoms with E-state index in [0.29, 0.717) is 24.0 Å². The molecule has 11 heteroatoms. The number of carbonyl (C=O) groups is 1. The van der Waals surface area contributed by atoms with Crippen LogP contribution in [0, 0.1) is 12.7 Å². The van der Waals surface area contributed by atoms with Gasteiger partial charge in [-0.3, -0.25) is 10.2 Å². The molecule has 0 spiro atoms. The minimum Gasteiger partial charge on any atom is -0.330 e. The van der Waals surface area contributed by atoms with Crippen molar-refractivity contribution < 1.29 is 22.4 Å². The van der Waals surface area contributed by atoms with Crippen molar-refractivity contribution in [2.24, 2.45) is 0 Å². The lowest BCUT2D eigenvalue weighted by Crippen LogP contribution is -2.44. The van der Waals surface area contributed by atoms with Gasteiger partial charge in [-0.05, 0) is 38.8 Å². The first-order valence-corrected chi connectivity index (χ1v) is 10.2. The number of rotatable bonds is 2. The molecule has 1 saturated heterocycles. The van der Waals surface area contributed by atoms with Gasteiger partial charge in [0.05, 0.1) is 34.6 Å². The standard InChI is InChI=1S/C20H20ClF4N5O/c1-9-7-12-15(27-10(2)28-18(12)14-5-6-26-29-14)8-30(9)19(31)11-3-4-13(22)16(17(11)21)20(23,24)25/h3-4,9,14,26,29H,5-8H2,1-2H3. The Kier molecular flexibility index (Phi) is 5.65. The van der Waals surface area contributed by atoms with Crippen LogP contribution in [0.5, 0.6) is 0 Å². The Balaban J connectivity index is 1.70. The Bertz CT molecular complexity index is 1040. The Labute approximate surface area is 181 Å². The third-order valence-corrected chi connectivity index (χ3v) is 6.01. The first kappa shape index (κ1) is 21.9. The molecular formula is C20H20ClF4N5O. The zero-order chi connectivity index (χ0) is 22.5. The number of aryl methyl sites for hydroxylation is 1. The number of alkyl halides is 3. The summed E-state index contributed by atoms with van der Waals surface area (Å²) in [4.78, 5) is 23.6. The summed E-state index contributed by atoms with van der Waals surface area (Å²) in [6.07, 6.45) is -3.72. The van der Waals surface area contributed by atoms with Crippen molar-refractivity contribution in [3.8, 4) is 0 Å². The van der Waals surface area contributed by atoms with Gasteiger partial charge in [-0.25, -0.2) is 19.8 Å². The fourth-order valence-electron chi connectivity index (χ4n) is 4.13. The topological polar surface area (TPSA) is 70.2 Å². The Morgan fingerprint density at radius 2 is 2.03 bits per heavy atom. The number of fused-ring (bicyclic) bond motifs is 1. The predicted molar refractivity (Wildman–Crippen MR) is 105 cm³/mol. The van der Waals surface area contributed by atoms with Gasteiger partial charge in [0.15, 0.2) is 0 Å². The minimum atomic E-state index is -5.01. The SMILES string of the molecule is Cc1nc2c(c(C3CCNN3)n1)CC(C)N(C(=O)c1ccc(F)c(C(F)(F)F)c1Cl)C2. The molecule has 31 heavy (non-hydrogen) atoms. The lowest BCUT2D eigenvalue weighted by atomic mass is 9.93. The highest BCUT2D eigenvalue weighted by atomic mass is 35.5. The molecule has 0 radical (unpaired) electrons. The summed E-state index contributed by atoms with van der Waals surface area (Å²) in [5.74, 6) is -1.67. The normalized spacial score (nSPS) is 21.3. The first-order valence-electron chi connectivity index (χ1n) is 9.78. The van der Waals surface area contributed by atoms with Crippen molar-refractivity contribution in [1.29, 1.82) is 0 Å². The zero-order valence-electron chi connectivity index (χ0n) is 16.8. The molecule has 6 nitrogen and oxygen atoms in total. The highest BCUT2D eigenvalue weighted by molar-refractivity contribution is 6.34. The molecule has 2 atom stereocenters. The van der Waals surface area contributed by atoms with E-state index in [1.807, 2.05) is 0 Å². The van der Waals surface area contributed by atoms with Gasteiger partial charge >= 0.3 is 6.18 Å². The highest BCUT2D eigenvalue weighted by Gasteiger charge is 2.40. The van der Waals surface area contributed by atoms with Crippen LogP contribution in [-0.2, 0) is 19.1 Å². The molecule has 3 heterocycles. The monoisotopic (exact) mass is 457 g/mol. The van der Waals surface area contributed by atoms with Crippen molar-refractivity contribution in [3.63, 3.8) is 0 Å². The largest absolute Gasteiger partial charge is 0.420 e. The highest BCUT2D eigenvalue weighted by Crippen LogP contribution is 2.39. The zero-order valence-corrected chi connectivity index (χ0v) is 17.5. The van der Waals surface area contributed by atoms with Gasteiger partial charge in [-0.1, -0.05) is 11.6 Å². The molecule has 4 rings (SSSR count). The molecule has 1 aromatic carbocycles. The van der Waals surface area contributed by atoms with Crippen molar-refractivity contribution in [3.05, 3.63) is 56.9 Å². The molecule has 0 aliphatic carbocycles. The van der Waals surface area contributed by atoms with Crippen LogP contribution in [0.2, 0.25) is 5.02 Å². The second-order valence-electron chi connectivity index (χ2n) is 7.76. The van der Waals surface area contributed by atoms with Crippen molar-refractivity contribution in [1.82, 2.24) is 25.7 Å². The average Bonchev–Trinajstić information content (AvgIpc) is 3.20. The molecule has 2 N–H and O–H groups in total. The van der Waals surface area contributed by atoms with Crippen LogP contribution >= 0.6 is 11.6 Å². The number of hydrogen-bond donors (Lipinski definition) is 2. The van der Waals surface area contributed by atoms with Crippen LogP contribution in [0.3, 0.4) is 0 Å². The molecule has 2 aliphatic heterocycles. The number of benzene rings is 1. The van der Waals surface area contributed by atoms with E-state index in [1.165, 1.54) is 4.90 Å². The van der Waals surface area contributed by atoms with Crippen LogP contribution in [0.15, 0.2) is 12.1 Å². The maximum atomic E-state index is 13.8. The van der Waals surface area contributed by atoms with Crippen LogP contribution in [-0.4, -0.2) is 33.4 Å². The summed E-state index contributed by atoms with van der Waals surface area (Å²) in [6.45, 7) is 4.45. The lowest BCUT2D eigenvalue weighted by Gasteiger charge is -2.36. The van der Waals surface area contributed by atoms with Gasteiger partial charge in [0.2, 0.25) is 0 Å². The molecule has 1 amide bonds. The van der Waals surface area contributed by atoms with Crippen molar-refractivity contribution in [2.45, 2.75) is 51.5 Å². The number of aromatic nitrogens is 2. The van der Waals surface area contributed by atoms with E-state index in [9.17, 15) is 22.4 Å². The Hall–Kier alpha value is -2.30. The second-order valence-corrected chi connectivity index (χ2v) is 8.14. The number of hydrogen-bond acceptors (Lipinski definition) is 5. The first-order chi connectivity index (χ1) is 14.6. The van der Waals surface area contributed by atoms with Gasteiger partial charge in [-0.15, -0.1) is 0 Å². The fourth-order valence-corrected chi connectivity index (χ4v) is 4.48. The quantitative estimate of drug-likeness (QED) is 0.673. The summed E-state index contributed by atoms with van der Waals surface area (Å²) in [6, 6.07) is 1.29. The molecule has 2 unspecified atom stereocenters. The fraction of sp³-hybridized carbons (Fsp3) is 0.450. The summed E-state index contributed by atoms with van der Waals surface area (Å²) < 4.78 is 53.5. The Morgan fingerprint density at radius 1 is 1.29 bits per heavy atom. The summed E-state index contributed by atoms with van der Waals surface area (Å²) >= 11 is 5.85. The van der Waals surface area contributed by atoms with Gasteiger partial charge < -0.3 is 4.90 Å². The number of nitrogens with zero attached hydrogens (tertiary/aromatic N) is 3. The van der Waals surface area contributed by atoms with Gasteiger partial charge in [0.25, 0.3) is 5.91 Å². The number of nitrogens with one attached hydrogen (secondary N) is 2. The van der Waals surface area contributed by atoms with Crippen LogP contribution in [0.4, 0.5) is 17.6 Å². The third-order valence-electron chi connectivity index (χ3n) is 5.62. The van der Waals surface area contributed by atoms with E-state index in [1.54, 1.807) is 13.8 Å². The molecule has 1 fully saturated rings. The lowest BCUT2D eigenvalue weighted by molar-refractivity contribution is -0.139. The van der Waals surface area contributed by atoms with Gasteiger partial charge in [-0.2, -0.15) is 13.2 Å². The van der Waals surface area contributed by atoms with E-state index in [0.717, 1.165) is 30.3 Å². The number of amides is 1. The summed E-state index contributed by atoms with van der Waals surface area (Å²) in [5, 5.41) is -0.934. The minimum absolute atomic E-state index is 0.0192. The van der Waals surface area contributed by atoms with Crippen LogP contribution in [0.1, 0.15) is 58.1 Å². The predicted octanol–water partition coefficient (Wildman–Crippen LogP) is 3.72. The summed E-state index contributed by atoms with van der Waals surface area (Å²) in [5.41, 5.74) is 6.68. The van der Waals surface area contributed by atoms with Crippen molar-refractivity contribution >= 4 is 17.5 Å². The molecule has 2 aromatic rings. The molecular weight excluding hydrogens is 438 g/mol. The molecule has 0 saturated carbocycles. The van der Waals surface area contributed by atoms with Gasteiger partial charge in [0.1, 0.15) is 17.2 Å². The van der Waals surface area contributed by atoms with Crippen LogP contribution < -0.4 is 10.9 Å². The van der Waals surface area contributed by atoms with E-state index < -0.39 is 34.1 Å². The molecule has 2 aliphatic rings. The van der Waals surface area contributed by atoms with E-state index in [4.69, 9.17) is 11.6 Å². The molecule has 166 valence electrons. The van der Waals surface area contributed by atoms with Gasteiger partial charge in [0, 0.05) is 18.2 Å². The number of hydrazine groups is 1. The van der Waals surface area contributed by atoms with E-state index in [-0.39, 0.29) is 18.6 Å². The Morgan fingerprint density at radius 3 is 2.68 bits per heavy atom. The maximum Gasteiger partial charge on any atom is 0.420 e. The second kappa shape index (κ2) is 7.99. The number of halogens is 5. The van der Waals surface area contributed by atoms with Crippen molar-refractivity contribution in [2.75, 3.05) is 6.54 Å². The smallest absolute Gasteiger partial charge is 0.330 e. The average molecular weight is 458 g/mol. The third kappa shape index (κ3) is 3.99. The van der Waals surface area contributed by atoms with E-state index in [2.05, 4.69) is 20.8 Å². The number of carbonyl (C=O) groups excluding carboxylic acids is 1. The van der Waals surface area contributed by atoms with Crippen LogP contribution in [0.25, 0.3) is 0 Å².